The highest BCUT2D eigenvalue weighted by Crippen LogP contribution is 2.35. The van der Waals surface area contributed by atoms with Gasteiger partial charge in [0.05, 0.1) is 11.0 Å². The molecule has 5 rings (SSSR count). The van der Waals surface area contributed by atoms with E-state index < -0.39 is 5.91 Å². The van der Waals surface area contributed by atoms with Crippen LogP contribution in [-0.2, 0) is 6.54 Å². The summed E-state index contributed by atoms with van der Waals surface area (Å²) < 4.78 is 2.27. The van der Waals surface area contributed by atoms with Crippen molar-refractivity contribution >= 4 is 39.0 Å². The largest absolute Gasteiger partial charge is 0.366 e. The van der Waals surface area contributed by atoms with Crippen molar-refractivity contribution in [3.8, 4) is 10.4 Å². The number of thiophene rings is 1. The van der Waals surface area contributed by atoms with Gasteiger partial charge in [-0.2, -0.15) is 0 Å². The summed E-state index contributed by atoms with van der Waals surface area (Å²) in [4.78, 5) is 13.4. The van der Waals surface area contributed by atoms with Crippen molar-refractivity contribution in [3.05, 3.63) is 94.4 Å². The summed E-state index contributed by atoms with van der Waals surface area (Å²) in [6.07, 6.45) is 0. The number of carbonyl (C=O) groups excluding carboxylic acids is 1. The van der Waals surface area contributed by atoms with Gasteiger partial charge in [-0.15, -0.1) is 11.3 Å². The summed E-state index contributed by atoms with van der Waals surface area (Å²) in [6.45, 7) is 4.98. The number of rotatable bonds is 4. The average molecular weight is 410 g/mol. The molecule has 0 atom stereocenters. The molecule has 0 spiro atoms. The van der Waals surface area contributed by atoms with E-state index in [4.69, 9.17) is 5.73 Å². The monoisotopic (exact) mass is 409 g/mol. The van der Waals surface area contributed by atoms with Gasteiger partial charge in [0.15, 0.2) is 0 Å². The van der Waals surface area contributed by atoms with Crippen molar-refractivity contribution in [2.45, 2.75) is 20.4 Å². The molecule has 0 saturated heterocycles. The maximum Gasteiger partial charge on any atom is 0.249 e. The standard InChI is InChI=1S/C26H21N2OS/c1-16-8-9-18(13-17(16)2)15-28-22-6-3-5-21(26(27)29)25(22)20-11-10-19(14-23(20)28)24-7-4-12-30-24/h3-10,12-14H,15H2,1-2H3,(H2,27,29). The lowest BCUT2D eigenvalue weighted by Crippen LogP contribution is -2.11. The Morgan fingerprint density at radius 3 is 2.63 bits per heavy atom. The molecule has 0 saturated carbocycles. The first kappa shape index (κ1) is 18.6. The van der Waals surface area contributed by atoms with Gasteiger partial charge in [0.25, 0.3) is 0 Å². The van der Waals surface area contributed by atoms with E-state index in [1.807, 2.05) is 12.1 Å². The maximum atomic E-state index is 12.2. The molecule has 2 aromatic heterocycles. The molecule has 0 aliphatic rings. The minimum atomic E-state index is -0.415. The topological polar surface area (TPSA) is 48.0 Å². The summed E-state index contributed by atoms with van der Waals surface area (Å²) in [5.41, 5.74) is 13.2. The lowest BCUT2D eigenvalue weighted by molar-refractivity contribution is 0.100. The SMILES string of the molecule is Cc1ccc(Cn2c3cc(-c4cccs4)c[c]c3c3c(C(N)=O)cccc32)cc1C. The average Bonchev–Trinajstić information content (AvgIpc) is 3.38. The van der Waals surface area contributed by atoms with Crippen molar-refractivity contribution < 1.29 is 4.79 Å². The molecule has 147 valence electrons. The molecule has 0 aliphatic heterocycles. The fraction of sp³-hybridized carbons (Fsp3) is 0.115. The fourth-order valence-electron chi connectivity index (χ4n) is 4.10. The highest BCUT2D eigenvalue weighted by molar-refractivity contribution is 7.13. The number of hydrogen-bond donors (Lipinski definition) is 1. The number of benzene rings is 3. The van der Waals surface area contributed by atoms with E-state index in [2.05, 4.69) is 72.3 Å². The lowest BCUT2D eigenvalue weighted by Gasteiger charge is -2.10. The van der Waals surface area contributed by atoms with Gasteiger partial charge in [0, 0.05) is 27.8 Å². The number of aryl methyl sites for hydroxylation is 2. The van der Waals surface area contributed by atoms with Crippen LogP contribution in [0.1, 0.15) is 27.0 Å². The molecule has 30 heavy (non-hydrogen) atoms. The van der Waals surface area contributed by atoms with Crippen LogP contribution < -0.4 is 5.73 Å². The van der Waals surface area contributed by atoms with Gasteiger partial charge >= 0.3 is 0 Å². The number of amides is 1. The Morgan fingerprint density at radius 2 is 1.90 bits per heavy atom. The zero-order chi connectivity index (χ0) is 20.8. The smallest absolute Gasteiger partial charge is 0.249 e. The predicted molar refractivity (Wildman–Crippen MR) is 125 cm³/mol. The second kappa shape index (κ2) is 7.15. The molecule has 2 N–H and O–H groups in total. The second-order valence-electron chi connectivity index (χ2n) is 7.69. The van der Waals surface area contributed by atoms with Crippen LogP contribution in [0.3, 0.4) is 0 Å². The molecule has 0 bridgehead atoms. The zero-order valence-corrected chi connectivity index (χ0v) is 17.7. The van der Waals surface area contributed by atoms with Gasteiger partial charge in [0.2, 0.25) is 5.91 Å². The van der Waals surface area contributed by atoms with Crippen LogP contribution in [0.5, 0.6) is 0 Å². The van der Waals surface area contributed by atoms with Crippen LogP contribution in [0.2, 0.25) is 0 Å². The molecular weight excluding hydrogens is 388 g/mol. The fourth-order valence-corrected chi connectivity index (χ4v) is 4.82. The Bertz CT molecular complexity index is 1410. The minimum absolute atomic E-state index is 0.415. The second-order valence-corrected chi connectivity index (χ2v) is 8.64. The van der Waals surface area contributed by atoms with Gasteiger partial charge < -0.3 is 10.3 Å². The van der Waals surface area contributed by atoms with Gasteiger partial charge in [-0.05, 0) is 77.9 Å². The van der Waals surface area contributed by atoms with E-state index >= 15 is 0 Å². The molecule has 0 aliphatic carbocycles. The van der Waals surface area contributed by atoms with Crippen molar-refractivity contribution in [2.75, 3.05) is 0 Å². The predicted octanol–water partition coefficient (Wildman–Crippen LogP) is 6.09. The van der Waals surface area contributed by atoms with Crippen LogP contribution in [0.4, 0.5) is 0 Å². The van der Waals surface area contributed by atoms with Gasteiger partial charge in [0.1, 0.15) is 0 Å². The summed E-state index contributed by atoms with van der Waals surface area (Å²) in [6, 6.07) is 24.1. The molecule has 2 heterocycles. The van der Waals surface area contributed by atoms with Crippen LogP contribution >= 0.6 is 11.3 Å². The van der Waals surface area contributed by atoms with E-state index in [-0.39, 0.29) is 0 Å². The number of nitrogens with two attached hydrogens (primary N) is 1. The zero-order valence-electron chi connectivity index (χ0n) is 16.9. The van der Waals surface area contributed by atoms with E-state index in [0.717, 1.165) is 27.4 Å². The Morgan fingerprint density at radius 1 is 1.03 bits per heavy atom. The van der Waals surface area contributed by atoms with E-state index in [0.29, 0.717) is 12.1 Å². The molecule has 3 nitrogen and oxygen atoms in total. The first-order chi connectivity index (χ1) is 14.5. The quantitative estimate of drug-likeness (QED) is 0.384. The lowest BCUT2D eigenvalue weighted by atomic mass is 10.0. The Kier molecular flexibility index (Phi) is 4.44. The number of fused-ring (bicyclic) bond motifs is 3. The number of carbonyl (C=O) groups is 1. The van der Waals surface area contributed by atoms with E-state index in [1.165, 1.54) is 21.6 Å². The van der Waals surface area contributed by atoms with Crippen molar-refractivity contribution in [1.82, 2.24) is 4.57 Å². The first-order valence-corrected chi connectivity index (χ1v) is 10.8. The number of primary amides is 1. The van der Waals surface area contributed by atoms with E-state index in [1.54, 1.807) is 17.4 Å². The number of nitrogens with zero attached hydrogens (tertiary/aromatic N) is 1. The molecule has 0 fully saturated rings. The summed E-state index contributed by atoms with van der Waals surface area (Å²) in [5, 5.41) is 3.89. The van der Waals surface area contributed by atoms with Gasteiger partial charge in [-0.1, -0.05) is 30.3 Å². The summed E-state index contributed by atoms with van der Waals surface area (Å²) >= 11 is 1.71. The third kappa shape index (κ3) is 3.01. The molecule has 0 unspecified atom stereocenters. The molecular formula is C26H21N2OS. The normalized spacial score (nSPS) is 11.4. The van der Waals surface area contributed by atoms with Crippen LogP contribution in [0, 0.1) is 19.9 Å². The van der Waals surface area contributed by atoms with Crippen LogP contribution in [0.15, 0.2) is 66.0 Å². The third-order valence-corrected chi connectivity index (χ3v) is 6.70. The van der Waals surface area contributed by atoms with Crippen molar-refractivity contribution in [2.24, 2.45) is 5.73 Å². The highest BCUT2D eigenvalue weighted by Gasteiger charge is 2.17. The maximum absolute atomic E-state index is 12.2. The Labute approximate surface area is 179 Å². The van der Waals surface area contributed by atoms with Gasteiger partial charge in [-0.25, -0.2) is 0 Å². The first-order valence-electron chi connectivity index (χ1n) is 9.89. The molecule has 5 aromatic rings. The Hall–Kier alpha value is -3.37. The molecule has 1 amide bonds. The van der Waals surface area contributed by atoms with E-state index in [9.17, 15) is 4.79 Å². The van der Waals surface area contributed by atoms with Gasteiger partial charge in [-0.3, -0.25) is 4.79 Å². The van der Waals surface area contributed by atoms with Crippen molar-refractivity contribution in [1.29, 1.82) is 0 Å². The number of hydrogen-bond acceptors (Lipinski definition) is 2. The Balaban J connectivity index is 1.80. The van der Waals surface area contributed by atoms with Crippen molar-refractivity contribution in [3.63, 3.8) is 0 Å². The summed E-state index contributed by atoms with van der Waals surface area (Å²) in [7, 11) is 0. The molecule has 3 aromatic carbocycles. The minimum Gasteiger partial charge on any atom is -0.366 e. The van der Waals surface area contributed by atoms with Crippen LogP contribution in [-0.4, -0.2) is 10.5 Å². The summed E-state index contributed by atoms with van der Waals surface area (Å²) in [5.74, 6) is -0.415. The highest BCUT2D eigenvalue weighted by atomic mass is 32.1. The molecule has 1 radical (unpaired) electrons. The number of aromatic nitrogens is 1. The molecule has 4 heteroatoms. The van der Waals surface area contributed by atoms with Crippen LogP contribution in [0.25, 0.3) is 32.2 Å². The third-order valence-electron chi connectivity index (χ3n) is 5.78.